The van der Waals surface area contributed by atoms with E-state index in [0.29, 0.717) is 5.41 Å². The summed E-state index contributed by atoms with van der Waals surface area (Å²) >= 11 is 0. The lowest BCUT2D eigenvalue weighted by Crippen LogP contribution is -2.41. The first kappa shape index (κ1) is 24.5. The van der Waals surface area contributed by atoms with Crippen molar-refractivity contribution in [2.24, 2.45) is 29.1 Å². The van der Waals surface area contributed by atoms with Crippen LogP contribution in [0.5, 0.6) is 0 Å². The van der Waals surface area contributed by atoms with E-state index in [1.54, 1.807) is 0 Å². The Labute approximate surface area is 187 Å². The average Bonchev–Trinajstić information content (AvgIpc) is 3.47. The topological polar surface area (TPSA) is 48.1 Å². The standard InChI is InChI=1S/C26H52N4/c1-3-27-11-4-5-12-28-19-24-16-25(24)20-29-13-6-7-14-30-21-26(2)17-22-9-8-10-23(15-22)18-26/h22-25,27-30H,3-21H2,1-2H3/t22?,23?,24-,25-,26?/m0/s1. The molecule has 0 saturated heterocycles. The molecule has 3 saturated carbocycles. The van der Waals surface area contributed by atoms with Crippen molar-refractivity contribution in [3.63, 3.8) is 0 Å². The van der Waals surface area contributed by atoms with Gasteiger partial charge < -0.3 is 21.3 Å². The van der Waals surface area contributed by atoms with Crippen LogP contribution in [-0.4, -0.2) is 52.4 Å². The number of hydrogen-bond donors (Lipinski definition) is 4. The summed E-state index contributed by atoms with van der Waals surface area (Å²) in [7, 11) is 0. The predicted molar refractivity (Wildman–Crippen MR) is 130 cm³/mol. The molecule has 0 radical (unpaired) electrons. The summed E-state index contributed by atoms with van der Waals surface area (Å²) in [4.78, 5) is 0. The zero-order valence-corrected chi connectivity index (χ0v) is 20.2. The molecule has 0 amide bonds. The monoisotopic (exact) mass is 420 g/mol. The lowest BCUT2D eigenvalue weighted by atomic mass is 9.61. The Kier molecular flexibility index (Phi) is 10.9. The van der Waals surface area contributed by atoms with Crippen LogP contribution in [0, 0.1) is 29.1 Å². The van der Waals surface area contributed by atoms with Crippen LogP contribution in [0.2, 0.25) is 0 Å². The molecule has 2 bridgehead atoms. The summed E-state index contributed by atoms with van der Waals surface area (Å²) < 4.78 is 0. The molecular formula is C26H52N4. The van der Waals surface area contributed by atoms with E-state index in [4.69, 9.17) is 0 Å². The maximum atomic E-state index is 3.81. The zero-order valence-electron chi connectivity index (χ0n) is 20.2. The number of rotatable bonds is 17. The second-order valence-electron chi connectivity index (χ2n) is 11.2. The molecule has 0 heterocycles. The Balaban J connectivity index is 1.08. The van der Waals surface area contributed by atoms with Gasteiger partial charge in [-0.2, -0.15) is 0 Å². The van der Waals surface area contributed by atoms with Crippen molar-refractivity contribution in [1.82, 2.24) is 21.3 Å². The molecule has 0 aromatic heterocycles. The van der Waals surface area contributed by atoms with E-state index in [1.165, 1.54) is 116 Å². The van der Waals surface area contributed by atoms with Crippen LogP contribution >= 0.6 is 0 Å². The minimum atomic E-state index is 0.577. The lowest BCUT2D eigenvalue weighted by molar-refractivity contribution is 0.0684. The number of unbranched alkanes of at least 4 members (excludes halogenated alkanes) is 2. The van der Waals surface area contributed by atoms with E-state index in [2.05, 4.69) is 35.1 Å². The van der Waals surface area contributed by atoms with E-state index >= 15 is 0 Å². The van der Waals surface area contributed by atoms with Gasteiger partial charge in [-0.1, -0.05) is 33.1 Å². The Bertz CT molecular complexity index is 442. The smallest absolute Gasteiger partial charge is 0.000536 e. The molecule has 0 spiro atoms. The molecule has 4 nitrogen and oxygen atoms in total. The van der Waals surface area contributed by atoms with Gasteiger partial charge in [0.15, 0.2) is 0 Å². The van der Waals surface area contributed by atoms with Crippen molar-refractivity contribution in [3.05, 3.63) is 0 Å². The molecule has 4 atom stereocenters. The Morgan fingerprint density at radius 1 is 0.700 bits per heavy atom. The van der Waals surface area contributed by atoms with Crippen LogP contribution in [-0.2, 0) is 0 Å². The highest BCUT2D eigenvalue weighted by Gasteiger charge is 2.38. The van der Waals surface area contributed by atoms with Crippen LogP contribution in [0.25, 0.3) is 0 Å². The zero-order chi connectivity index (χ0) is 21.1. The van der Waals surface area contributed by atoms with Gasteiger partial charge in [0, 0.05) is 6.54 Å². The molecule has 3 rings (SSSR count). The summed E-state index contributed by atoms with van der Waals surface area (Å²) in [6, 6.07) is 0. The highest BCUT2D eigenvalue weighted by Crippen LogP contribution is 2.48. The molecule has 0 aliphatic heterocycles. The van der Waals surface area contributed by atoms with Gasteiger partial charge in [0.1, 0.15) is 0 Å². The molecule has 3 aliphatic carbocycles. The third kappa shape index (κ3) is 9.14. The van der Waals surface area contributed by atoms with Crippen LogP contribution in [0.3, 0.4) is 0 Å². The summed E-state index contributed by atoms with van der Waals surface area (Å²) in [5.41, 5.74) is 0.577. The SMILES string of the molecule is CCNCCCCNC[C@@H]1C[C@H]1CNCCCCNCC1(C)CC2CCCC(C2)C1. The third-order valence-electron chi connectivity index (χ3n) is 8.05. The maximum Gasteiger partial charge on any atom is 0.000536 e. The number of nitrogens with one attached hydrogen (secondary N) is 4. The van der Waals surface area contributed by atoms with Crippen LogP contribution in [0.4, 0.5) is 0 Å². The first-order valence-electron chi connectivity index (χ1n) is 13.5. The third-order valence-corrected chi connectivity index (χ3v) is 8.05. The van der Waals surface area contributed by atoms with E-state index in [9.17, 15) is 0 Å². The van der Waals surface area contributed by atoms with Crippen LogP contribution in [0.1, 0.15) is 84.5 Å². The van der Waals surface area contributed by atoms with E-state index in [-0.39, 0.29) is 0 Å². The summed E-state index contributed by atoms with van der Waals surface area (Å²) in [5.74, 6) is 3.95. The van der Waals surface area contributed by atoms with Gasteiger partial charge in [0.05, 0.1) is 0 Å². The molecule has 3 fully saturated rings. The predicted octanol–water partition coefficient (Wildman–Crippen LogP) is 4.17. The first-order chi connectivity index (χ1) is 14.7. The quantitative estimate of drug-likeness (QED) is 0.267. The Hall–Kier alpha value is -0.160. The number of fused-ring (bicyclic) bond motifs is 2. The van der Waals surface area contributed by atoms with Crippen molar-refractivity contribution < 1.29 is 0 Å². The van der Waals surface area contributed by atoms with Crippen molar-refractivity contribution in [1.29, 1.82) is 0 Å². The molecule has 2 unspecified atom stereocenters. The van der Waals surface area contributed by atoms with Crippen molar-refractivity contribution in [3.8, 4) is 0 Å². The fourth-order valence-corrected chi connectivity index (χ4v) is 6.35. The first-order valence-corrected chi connectivity index (χ1v) is 13.5. The van der Waals surface area contributed by atoms with Crippen LogP contribution < -0.4 is 21.3 Å². The minimum Gasteiger partial charge on any atom is -0.317 e. The summed E-state index contributed by atoms with van der Waals surface area (Å²) in [5, 5.41) is 14.6. The molecular weight excluding hydrogens is 368 g/mol. The second kappa shape index (κ2) is 13.4. The van der Waals surface area contributed by atoms with Crippen molar-refractivity contribution >= 4 is 0 Å². The average molecular weight is 421 g/mol. The van der Waals surface area contributed by atoms with Gasteiger partial charge in [-0.15, -0.1) is 0 Å². The largest absolute Gasteiger partial charge is 0.317 e. The summed E-state index contributed by atoms with van der Waals surface area (Å²) in [6.07, 6.45) is 15.7. The normalized spacial score (nSPS) is 33.0. The fraction of sp³-hybridized carbons (Fsp3) is 1.00. The van der Waals surface area contributed by atoms with Gasteiger partial charge in [0.2, 0.25) is 0 Å². The van der Waals surface area contributed by atoms with E-state index < -0.39 is 0 Å². The second-order valence-corrected chi connectivity index (χ2v) is 11.2. The van der Waals surface area contributed by atoms with E-state index in [1.807, 2.05) is 0 Å². The van der Waals surface area contributed by atoms with Gasteiger partial charge in [-0.05, 0) is 126 Å². The maximum absolute atomic E-state index is 3.81. The molecule has 4 heteroatoms. The van der Waals surface area contributed by atoms with Crippen LogP contribution in [0.15, 0.2) is 0 Å². The Morgan fingerprint density at radius 2 is 1.23 bits per heavy atom. The minimum absolute atomic E-state index is 0.577. The molecule has 0 aromatic rings. The number of hydrogen-bond acceptors (Lipinski definition) is 4. The highest BCUT2D eigenvalue weighted by molar-refractivity contribution is 4.91. The van der Waals surface area contributed by atoms with Gasteiger partial charge >= 0.3 is 0 Å². The van der Waals surface area contributed by atoms with Gasteiger partial charge in [0.25, 0.3) is 0 Å². The summed E-state index contributed by atoms with van der Waals surface area (Å²) in [6.45, 7) is 14.3. The Morgan fingerprint density at radius 3 is 1.80 bits per heavy atom. The molecule has 0 aromatic carbocycles. The van der Waals surface area contributed by atoms with Gasteiger partial charge in [-0.3, -0.25) is 0 Å². The van der Waals surface area contributed by atoms with E-state index in [0.717, 1.165) is 30.2 Å². The highest BCUT2D eigenvalue weighted by atomic mass is 14.9. The van der Waals surface area contributed by atoms with Crippen molar-refractivity contribution in [2.45, 2.75) is 84.5 Å². The molecule has 176 valence electrons. The molecule has 3 aliphatic rings. The molecule has 4 N–H and O–H groups in total. The van der Waals surface area contributed by atoms with Crippen molar-refractivity contribution in [2.75, 3.05) is 52.4 Å². The fourth-order valence-electron chi connectivity index (χ4n) is 6.35. The lowest BCUT2D eigenvalue weighted by Gasteiger charge is -2.45. The van der Waals surface area contributed by atoms with Gasteiger partial charge in [-0.25, -0.2) is 0 Å². The molecule has 30 heavy (non-hydrogen) atoms.